The molecule has 1 heterocycles. The summed E-state index contributed by atoms with van der Waals surface area (Å²) in [5.74, 6) is 3.60. The van der Waals surface area contributed by atoms with Crippen molar-refractivity contribution in [1.29, 1.82) is 0 Å². The molecule has 0 spiro atoms. The fourth-order valence-electron chi connectivity index (χ4n) is 3.16. The van der Waals surface area contributed by atoms with Crippen molar-refractivity contribution in [2.45, 2.75) is 45.6 Å². The first-order valence-electron chi connectivity index (χ1n) is 7.50. The van der Waals surface area contributed by atoms with Crippen molar-refractivity contribution in [3.05, 3.63) is 6.33 Å². The van der Waals surface area contributed by atoms with E-state index in [1.165, 1.54) is 25.7 Å². The van der Waals surface area contributed by atoms with Gasteiger partial charge in [0.1, 0.15) is 6.33 Å². The van der Waals surface area contributed by atoms with Gasteiger partial charge in [-0.05, 0) is 24.7 Å². The van der Waals surface area contributed by atoms with E-state index in [4.69, 9.17) is 4.74 Å². The first-order chi connectivity index (χ1) is 9.67. The number of anilines is 2. The van der Waals surface area contributed by atoms with E-state index in [1.54, 1.807) is 13.4 Å². The molecule has 5 nitrogen and oxygen atoms in total. The molecular weight excluding hydrogens is 252 g/mol. The highest BCUT2D eigenvalue weighted by Crippen LogP contribution is 2.35. The molecule has 1 aliphatic carbocycles. The highest BCUT2D eigenvalue weighted by atomic mass is 16.5. The lowest BCUT2D eigenvalue weighted by molar-refractivity contribution is 0.253. The second-order valence-electron chi connectivity index (χ2n) is 5.80. The Hall–Kier alpha value is -1.52. The molecule has 0 aliphatic heterocycles. The van der Waals surface area contributed by atoms with Gasteiger partial charge in [0.05, 0.1) is 7.11 Å². The number of hydrogen-bond acceptors (Lipinski definition) is 5. The maximum atomic E-state index is 5.45. The van der Waals surface area contributed by atoms with E-state index in [-0.39, 0.29) is 0 Å². The summed E-state index contributed by atoms with van der Waals surface area (Å²) >= 11 is 0. The van der Waals surface area contributed by atoms with Crippen molar-refractivity contribution in [2.75, 3.05) is 24.8 Å². The number of ether oxygens (including phenoxy) is 1. The second kappa shape index (κ2) is 6.77. The lowest BCUT2D eigenvalue weighted by atomic mass is 9.78. The molecule has 1 fully saturated rings. The van der Waals surface area contributed by atoms with Crippen molar-refractivity contribution in [1.82, 2.24) is 9.97 Å². The topological polar surface area (TPSA) is 59.1 Å². The van der Waals surface area contributed by atoms with Gasteiger partial charge in [-0.3, -0.25) is 0 Å². The maximum absolute atomic E-state index is 5.45. The van der Waals surface area contributed by atoms with Crippen molar-refractivity contribution < 1.29 is 4.74 Å². The molecule has 1 aromatic rings. The maximum Gasteiger partial charge on any atom is 0.204 e. The quantitative estimate of drug-likeness (QED) is 0.866. The van der Waals surface area contributed by atoms with Crippen LogP contribution in [0.25, 0.3) is 0 Å². The zero-order chi connectivity index (χ0) is 14.5. The second-order valence-corrected chi connectivity index (χ2v) is 5.80. The fraction of sp³-hybridized carbons (Fsp3) is 0.733. The molecule has 2 N–H and O–H groups in total. The van der Waals surface area contributed by atoms with E-state index in [0.717, 1.165) is 11.6 Å². The number of hydrogen-bond donors (Lipinski definition) is 2. The van der Waals surface area contributed by atoms with Crippen LogP contribution in [0.2, 0.25) is 0 Å². The third kappa shape index (κ3) is 3.14. The van der Waals surface area contributed by atoms with Crippen LogP contribution >= 0.6 is 0 Å². The van der Waals surface area contributed by atoms with E-state index in [1.807, 2.05) is 7.05 Å². The van der Waals surface area contributed by atoms with Crippen LogP contribution in [-0.4, -0.2) is 30.2 Å². The minimum atomic E-state index is 0.470. The van der Waals surface area contributed by atoms with E-state index in [9.17, 15) is 0 Å². The molecule has 1 aliphatic rings. The minimum Gasteiger partial charge on any atom is -0.490 e. The fourth-order valence-corrected chi connectivity index (χ4v) is 3.16. The number of methoxy groups -OCH3 is 1. The summed E-state index contributed by atoms with van der Waals surface area (Å²) in [6.45, 7) is 4.61. The molecule has 0 amide bonds. The van der Waals surface area contributed by atoms with Crippen LogP contribution in [0.4, 0.5) is 11.6 Å². The molecule has 0 aromatic carbocycles. The molecule has 5 heteroatoms. The zero-order valence-electron chi connectivity index (χ0n) is 12.9. The predicted molar refractivity (Wildman–Crippen MR) is 82.3 cm³/mol. The van der Waals surface area contributed by atoms with E-state index in [0.29, 0.717) is 23.6 Å². The summed E-state index contributed by atoms with van der Waals surface area (Å²) in [5.41, 5.74) is 0. The third-order valence-electron chi connectivity index (χ3n) is 4.24. The largest absolute Gasteiger partial charge is 0.490 e. The molecule has 2 atom stereocenters. The Morgan fingerprint density at radius 3 is 2.55 bits per heavy atom. The van der Waals surface area contributed by atoms with Crippen LogP contribution in [0.1, 0.15) is 39.5 Å². The van der Waals surface area contributed by atoms with Crippen molar-refractivity contribution in [3.8, 4) is 5.75 Å². The Kier molecular flexibility index (Phi) is 5.04. The van der Waals surface area contributed by atoms with E-state index >= 15 is 0 Å². The van der Waals surface area contributed by atoms with E-state index in [2.05, 4.69) is 34.4 Å². The zero-order valence-corrected chi connectivity index (χ0v) is 12.9. The molecule has 20 heavy (non-hydrogen) atoms. The van der Waals surface area contributed by atoms with Gasteiger partial charge in [-0.1, -0.05) is 26.7 Å². The number of aromatic nitrogens is 2. The third-order valence-corrected chi connectivity index (χ3v) is 4.24. The predicted octanol–water partition coefficient (Wildman–Crippen LogP) is 3.15. The molecule has 0 radical (unpaired) electrons. The number of nitrogens with zero attached hydrogens (tertiary/aromatic N) is 2. The SMILES string of the molecule is CNc1ncnc(NC2CCCCC2C(C)C)c1OC. The Morgan fingerprint density at radius 2 is 1.90 bits per heavy atom. The van der Waals surface area contributed by atoms with Gasteiger partial charge >= 0.3 is 0 Å². The number of rotatable bonds is 5. The Morgan fingerprint density at radius 1 is 1.20 bits per heavy atom. The van der Waals surface area contributed by atoms with Crippen molar-refractivity contribution in [3.63, 3.8) is 0 Å². The molecule has 0 bridgehead atoms. The monoisotopic (exact) mass is 278 g/mol. The standard InChI is InChI=1S/C15H26N4O/c1-10(2)11-7-5-6-8-12(11)19-15-13(20-4)14(16-3)17-9-18-15/h9-12H,5-8H2,1-4H3,(H2,16,17,18,19). The smallest absolute Gasteiger partial charge is 0.204 e. The van der Waals surface area contributed by atoms with Crippen LogP contribution in [0.5, 0.6) is 5.75 Å². The number of nitrogens with one attached hydrogen (secondary N) is 2. The Balaban J connectivity index is 2.19. The lowest BCUT2D eigenvalue weighted by Gasteiger charge is -2.35. The molecule has 0 saturated heterocycles. The van der Waals surface area contributed by atoms with Gasteiger partial charge in [0.15, 0.2) is 11.6 Å². The van der Waals surface area contributed by atoms with Gasteiger partial charge < -0.3 is 15.4 Å². The van der Waals surface area contributed by atoms with Gasteiger partial charge in [0.2, 0.25) is 5.75 Å². The summed E-state index contributed by atoms with van der Waals surface area (Å²) < 4.78 is 5.45. The summed E-state index contributed by atoms with van der Waals surface area (Å²) in [6.07, 6.45) is 6.69. The van der Waals surface area contributed by atoms with Crippen molar-refractivity contribution in [2.24, 2.45) is 11.8 Å². The molecule has 1 aromatic heterocycles. The van der Waals surface area contributed by atoms with Crippen LogP contribution in [0.15, 0.2) is 6.33 Å². The van der Waals surface area contributed by atoms with Crippen LogP contribution in [0.3, 0.4) is 0 Å². The van der Waals surface area contributed by atoms with Gasteiger partial charge in [-0.2, -0.15) is 0 Å². The molecule has 2 rings (SSSR count). The van der Waals surface area contributed by atoms with Gasteiger partial charge in [-0.25, -0.2) is 9.97 Å². The molecule has 2 unspecified atom stereocenters. The van der Waals surface area contributed by atoms with Gasteiger partial charge in [-0.15, -0.1) is 0 Å². The van der Waals surface area contributed by atoms with Crippen LogP contribution in [-0.2, 0) is 0 Å². The summed E-state index contributed by atoms with van der Waals surface area (Å²) in [6, 6.07) is 0.470. The van der Waals surface area contributed by atoms with Crippen LogP contribution in [0, 0.1) is 11.8 Å². The highest BCUT2D eigenvalue weighted by molar-refractivity contribution is 5.63. The highest BCUT2D eigenvalue weighted by Gasteiger charge is 2.28. The molecule has 112 valence electrons. The van der Waals surface area contributed by atoms with Gasteiger partial charge in [0.25, 0.3) is 0 Å². The Labute approximate surface area is 121 Å². The first-order valence-corrected chi connectivity index (χ1v) is 7.50. The molecule has 1 saturated carbocycles. The summed E-state index contributed by atoms with van der Waals surface area (Å²) in [7, 11) is 3.50. The normalized spacial score (nSPS) is 22.6. The average molecular weight is 278 g/mol. The Bertz CT molecular complexity index is 436. The molecular formula is C15H26N4O. The summed E-state index contributed by atoms with van der Waals surface area (Å²) in [5, 5.41) is 6.63. The van der Waals surface area contributed by atoms with Gasteiger partial charge in [0, 0.05) is 13.1 Å². The van der Waals surface area contributed by atoms with Crippen LogP contribution < -0.4 is 15.4 Å². The van der Waals surface area contributed by atoms with Crippen molar-refractivity contribution >= 4 is 11.6 Å². The first kappa shape index (κ1) is 14.9. The lowest BCUT2D eigenvalue weighted by Crippen LogP contribution is -2.35. The minimum absolute atomic E-state index is 0.470. The summed E-state index contributed by atoms with van der Waals surface area (Å²) in [4.78, 5) is 8.55. The van der Waals surface area contributed by atoms with E-state index < -0.39 is 0 Å². The average Bonchev–Trinajstić information content (AvgIpc) is 2.47.